The molecule has 1 aliphatic rings. The zero-order valence-electron chi connectivity index (χ0n) is 14.6. The second kappa shape index (κ2) is 6.86. The van der Waals surface area contributed by atoms with E-state index in [1.165, 1.54) is 0 Å². The van der Waals surface area contributed by atoms with E-state index in [1.54, 1.807) is 0 Å². The molecule has 0 spiro atoms. The van der Waals surface area contributed by atoms with E-state index in [9.17, 15) is 13.6 Å². The maximum absolute atomic E-state index is 13.8. The Kier molecular flexibility index (Phi) is 4.79. The van der Waals surface area contributed by atoms with Crippen molar-refractivity contribution in [3.63, 3.8) is 0 Å². The lowest BCUT2D eigenvalue weighted by atomic mass is 9.88. The zero-order chi connectivity index (χ0) is 18.1. The molecule has 25 heavy (non-hydrogen) atoms. The molecule has 3 rings (SSSR count). The topological polar surface area (TPSA) is 46.1 Å². The summed E-state index contributed by atoms with van der Waals surface area (Å²) in [6, 6.07) is 3.02. The molecule has 1 fully saturated rings. The number of halogens is 2. The van der Waals surface area contributed by atoms with E-state index in [0.717, 1.165) is 41.1 Å². The Labute approximate surface area is 145 Å². The van der Waals surface area contributed by atoms with Crippen LogP contribution in [0.5, 0.6) is 0 Å². The predicted molar refractivity (Wildman–Crippen MR) is 91.9 cm³/mol. The second-order valence-corrected chi connectivity index (χ2v) is 6.55. The Morgan fingerprint density at radius 1 is 1.12 bits per heavy atom. The fraction of sp³-hybridized carbons (Fsp3) is 0.421. The van der Waals surface area contributed by atoms with Gasteiger partial charge in [-0.15, -0.1) is 0 Å². The van der Waals surface area contributed by atoms with Gasteiger partial charge in [0.15, 0.2) is 5.78 Å². The van der Waals surface area contributed by atoms with Gasteiger partial charge in [-0.25, -0.2) is 18.7 Å². The van der Waals surface area contributed by atoms with Crippen molar-refractivity contribution in [3.05, 3.63) is 52.5 Å². The molecule has 0 N–H and O–H groups in total. The summed E-state index contributed by atoms with van der Waals surface area (Å²) in [5.74, 6) is -0.247. The Morgan fingerprint density at radius 3 is 2.48 bits per heavy atom. The monoisotopic (exact) mass is 345 g/mol. The quantitative estimate of drug-likeness (QED) is 0.794. The molecule has 2 heterocycles. The molecule has 1 aromatic carbocycles. The van der Waals surface area contributed by atoms with Crippen LogP contribution in [0.15, 0.2) is 18.2 Å². The van der Waals surface area contributed by atoms with Crippen molar-refractivity contribution in [2.24, 2.45) is 5.92 Å². The van der Waals surface area contributed by atoms with Crippen LogP contribution in [0.4, 0.5) is 14.6 Å². The highest BCUT2D eigenvalue weighted by Crippen LogP contribution is 2.28. The van der Waals surface area contributed by atoms with Gasteiger partial charge in [-0.05, 0) is 51.8 Å². The van der Waals surface area contributed by atoms with Crippen LogP contribution in [0.3, 0.4) is 0 Å². The van der Waals surface area contributed by atoms with Crippen LogP contribution in [0.25, 0.3) is 0 Å². The third-order valence-corrected chi connectivity index (χ3v) is 4.83. The largest absolute Gasteiger partial charge is 0.356 e. The van der Waals surface area contributed by atoms with E-state index in [-0.39, 0.29) is 17.3 Å². The summed E-state index contributed by atoms with van der Waals surface area (Å²) < 4.78 is 27.2. The lowest BCUT2D eigenvalue weighted by molar-refractivity contribution is 0.0895. The van der Waals surface area contributed by atoms with Gasteiger partial charge >= 0.3 is 0 Å². The van der Waals surface area contributed by atoms with Crippen molar-refractivity contribution in [2.75, 3.05) is 18.0 Å². The minimum Gasteiger partial charge on any atom is -0.356 e. The Bertz CT molecular complexity index is 815. The van der Waals surface area contributed by atoms with Crippen molar-refractivity contribution in [2.45, 2.75) is 33.6 Å². The highest BCUT2D eigenvalue weighted by atomic mass is 19.1. The molecule has 0 unspecified atom stereocenters. The van der Waals surface area contributed by atoms with Gasteiger partial charge < -0.3 is 4.90 Å². The highest BCUT2D eigenvalue weighted by molar-refractivity contribution is 5.98. The molecule has 0 saturated carbocycles. The van der Waals surface area contributed by atoms with Crippen molar-refractivity contribution in [1.82, 2.24) is 9.97 Å². The number of anilines is 1. The van der Waals surface area contributed by atoms with Crippen LogP contribution in [0.2, 0.25) is 0 Å². The average Bonchev–Trinajstić information content (AvgIpc) is 2.60. The average molecular weight is 345 g/mol. The zero-order valence-corrected chi connectivity index (χ0v) is 14.6. The number of carbonyl (C=O) groups is 1. The van der Waals surface area contributed by atoms with E-state index in [0.29, 0.717) is 25.9 Å². The molecule has 4 nitrogen and oxygen atoms in total. The van der Waals surface area contributed by atoms with Gasteiger partial charge in [-0.3, -0.25) is 4.79 Å². The number of aryl methyl sites for hydroxylation is 2. The molecule has 1 aliphatic heterocycles. The lowest BCUT2D eigenvalue weighted by Gasteiger charge is -2.33. The van der Waals surface area contributed by atoms with Crippen LogP contribution in [-0.2, 0) is 0 Å². The van der Waals surface area contributed by atoms with E-state index in [4.69, 9.17) is 0 Å². The Hall–Kier alpha value is -2.37. The Balaban J connectivity index is 1.74. The molecule has 0 bridgehead atoms. The minimum absolute atomic E-state index is 0.150. The third-order valence-electron chi connectivity index (χ3n) is 4.83. The number of aromatic nitrogens is 2. The molecule has 6 heteroatoms. The number of nitrogens with zero attached hydrogens (tertiary/aromatic N) is 3. The molecule has 1 aromatic heterocycles. The molecule has 0 amide bonds. The van der Waals surface area contributed by atoms with Crippen molar-refractivity contribution in [3.8, 4) is 0 Å². The predicted octanol–water partition coefficient (Wildman–Crippen LogP) is 3.78. The minimum atomic E-state index is -0.660. The number of benzene rings is 1. The first kappa shape index (κ1) is 17.5. The fourth-order valence-electron chi connectivity index (χ4n) is 3.32. The number of hydrogen-bond acceptors (Lipinski definition) is 4. The molecule has 0 aliphatic carbocycles. The second-order valence-electron chi connectivity index (χ2n) is 6.55. The summed E-state index contributed by atoms with van der Waals surface area (Å²) in [6.07, 6.45) is 1.19. The normalized spacial score (nSPS) is 15.5. The standard InChI is InChI=1S/C19H21F2N3O/c1-11-12(2)22-13(3)23-19(11)24-8-6-14(7-9-24)18(25)16-10-15(20)4-5-17(16)21/h4-5,10,14H,6-9H2,1-3H3. The number of carbonyl (C=O) groups excluding carboxylic acids is 1. The van der Waals surface area contributed by atoms with Crippen LogP contribution < -0.4 is 4.90 Å². The molecular weight excluding hydrogens is 324 g/mol. The van der Waals surface area contributed by atoms with Crippen LogP contribution in [-0.4, -0.2) is 28.8 Å². The molecule has 1 saturated heterocycles. The molecule has 2 aromatic rings. The molecule has 132 valence electrons. The fourth-order valence-corrected chi connectivity index (χ4v) is 3.32. The van der Waals surface area contributed by atoms with Crippen molar-refractivity contribution >= 4 is 11.6 Å². The highest BCUT2D eigenvalue weighted by Gasteiger charge is 2.29. The molecular formula is C19H21F2N3O. The number of Topliss-reactive ketones (excluding diaryl/α,β-unsaturated/α-hetero) is 1. The van der Waals surface area contributed by atoms with Crippen LogP contribution in [0, 0.1) is 38.3 Å². The van der Waals surface area contributed by atoms with Gasteiger partial charge in [0.1, 0.15) is 23.3 Å². The first-order valence-corrected chi connectivity index (χ1v) is 8.43. The van der Waals surface area contributed by atoms with Gasteiger partial charge in [0.25, 0.3) is 0 Å². The van der Waals surface area contributed by atoms with Crippen LogP contribution in [0.1, 0.15) is 40.3 Å². The summed E-state index contributed by atoms with van der Waals surface area (Å²) >= 11 is 0. The summed E-state index contributed by atoms with van der Waals surface area (Å²) in [6.45, 7) is 7.12. The first-order valence-electron chi connectivity index (χ1n) is 8.43. The SMILES string of the molecule is Cc1nc(C)c(C)c(N2CCC(C(=O)c3cc(F)ccc3F)CC2)n1. The van der Waals surface area contributed by atoms with E-state index < -0.39 is 11.6 Å². The van der Waals surface area contributed by atoms with Gasteiger partial charge in [0.05, 0.1) is 5.56 Å². The maximum Gasteiger partial charge on any atom is 0.169 e. The molecule has 0 atom stereocenters. The summed E-state index contributed by atoms with van der Waals surface area (Å²) in [5.41, 5.74) is 1.83. The smallest absolute Gasteiger partial charge is 0.169 e. The molecule has 0 radical (unpaired) electrons. The Morgan fingerprint density at radius 2 is 1.80 bits per heavy atom. The van der Waals surface area contributed by atoms with Gasteiger partial charge in [-0.1, -0.05) is 0 Å². The van der Waals surface area contributed by atoms with Crippen molar-refractivity contribution in [1.29, 1.82) is 0 Å². The third kappa shape index (κ3) is 3.52. The van der Waals surface area contributed by atoms with Gasteiger partial charge in [-0.2, -0.15) is 0 Å². The summed E-state index contributed by atoms with van der Waals surface area (Å²) in [4.78, 5) is 23.6. The number of piperidine rings is 1. The summed E-state index contributed by atoms with van der Waals surface area (Å²) in [7, 11) is 0. The van der Waals surface area contributed by atoms with Crippen molar-refractivity contribution < 1.29 is 13.6 Å². The number of rotatable bonds is 3. The van der Waals surface area contributed by atoms with E-state index >= 15 is 0 Å². The summed E-state index contributed by atoms with van der Waals surface area (Å²) in [5, 5.41) is 0. The van der Waals surface area contributed by atoms with Crippen LogP contribution >= 0.6 is 0 Å². The maximum atomic E-state index is 13.8. The van der Waals surface area contributed by atoms with E-state index in [1.807, 2.05) is 20.8 Å². The van der Waals surface area contributed by atoms with E-state index in [2.05, 4.69) is 14.9 Å². The van der Waals surface area contributed by atoms with Gasteiger partial charge in [0.2, 0.25) is 0 Å². The lowest BCUT2D eigenvalue weighted by Crippen LogP contribution is -2.37. The number of hydrogen-bond donors (Lipinski definition) is 0. The number of ketones is 1. The van der Waals surface area contributed by atoms with Gasteiger partial charge in [0, 0.05) is 30.3 Å². The first-order chi connectivity index (χ1) is 11.9.